The van der Waals surface area contributed by atoms with Crippen molar-refractivity contribution in [3.8, 4) is 22.6 Å². The van der Waals surface area contributed by atoms with Gasteiger partial charge in [-0.3, -0.25) is 9.69 Å². The Labute approximate surface area is 202 Å². The Kier molecular flexibility index (Phi) is 5.97. The van der Waals surface area contributed by atoms with Crippen LogP contribution in [0.4, 0.5) is 5.69 Å². The summed E-state index contributed by atoms with van der Waals surface area (Å²) < 4.78 is 22.0. The molecule has 0 bridgehead atoms. The van der Waals surface area contributed by atoms with Gasteiger partial charge < -0.3 is 18.6 Å². The van der Waals surface area contributed by atoms with E-state index in [-0.39, 0.29) is 5.91 Å². The molecule has 7 heteroatoms. The summed E-state index contributed by atoms with van der Waals surface area (Å²) in [5, 5.41) is 0. The summed E-state index contributed by atoms with van der Waals surface area (Å²) in [6.07, 6.45) is 0.537. The normalized spacial score (nSPS) is 17.0. The number of ether oxygens (including phenoxy) is 3. The van der Waals surface area contributed by atoms with Crippen molar-refractivity contribution in [2.45, 2.75) is 12.1 Å². The van der Waals surface area contributed by atoms with Crippen LogP contribution >= 0.6 is 0 Å². The van der Waals surface area contributed by atoms with Gasteiger partial charge in [0.25, 0.3) is 5.91 Å². The van der Waals surface area contributed by atoms with E-state index in [9.17, 15) is 9.59 Å². The van der Waals surface area contributed by atoms with E-state index in [1.807, 2.05) is 36.4 Å². The zero-order valence-electron chi connectivity index (χ0n) is 19.2. The van der Waals surface area contributed by atoms with Gasteiger partial charge in [-0.05, 0) is 60.2 Å². The molecule has 1 saturated heterocycles. The van der Waals surface area contributed by atoms with Gasteiger partial charge in [0.1, 0.15) is 23.3 Å². The second kappa shape index (κ2) is 9.38. The Morgan fingerprint density at radius 3 is 2.09 bits per heavy atom. The molecular formula is C28H23NO6. The smallest absolute Gasteiger partial charge is 0.339 e. The number of rotatable bonds is 7. The van der Waals surface area contributed by atoms with Crippen LogP contribution in [0.25, 0.3) is 11.1 Å². The van der Waals surface area contributed by atoms with Crippen LogP contribution in [0.5, 0.6) is 11.5 Å². The molecule has 1 aliphatic heterocycles. The second-order valence-corrected chi connectivity index (χ2v) is 7.97. The van der Waals surface area contributed by atoms with Gasteiger partial charge in [-0.1, -0.05) is 30.3 Å². The number of nitrogens with zero attached hydrogens (tertiary/aromatic N) is 1. The number of furan rings is 1. The number of methoxy groups -OCH3 is 2. The number of esters is 1. The van der Waals surface area contributed by atoms with E-state index >= 15 is 0 Å². The standard InChI is InChI=1S/C28H23NO6/c1-32-21-12-8-19(9-13-21)28(31)35-26-24(25-23(16-17-34-25)18-6-4-3-5-7-18)29(27(26)30)20-10-14-22(33-2)15-11-20/h3-17,24,26H,1-2H3/t24-,26+/m0/s1. The van der Waals surface area contributed by atoms with Crippen LogP contribution in [0.2, 0.25) is 0 Å². The average molecular weight is 469 g/mol. The van der Waals surface area contributed by atoms with Crippen LogP contribution in [-0.2, 0) is 9.53 Å². The Hall–Kier alpha value is -4.52. The van der Waals surface area contributed by atoms with Gasteiger partial charge in [-0.2, -0.15) is 0 Å². The van der Waals surface area contributed by atoms with Crippen LogP contribution < -0.4 is 14.4 Å². The van der Waals surface area contributed by atoms with Crippen LogP contribution in [0.1, 0.15) is 22.2 Å². The van der Waals surface area contributed by atoms with Crippen molar-refractivity contribution in [1.29, 1.82) is 0 Å². The monoisotopic (exact) mass is 469 g/mol. The maximum Gasteiger partial charge on any atom is 0.339 e. The minimum absolute atomic E-state index is 0.322. The lowest BCUT2D eigenvalue weighted by Gasteiger charge is -2.45. The molecule has 0 aliphatic carbocycles. The lowest BCUT2D eigenvalue weighted by molar-refractivity contribution is -0.138. The third-order valence-corrected chi connectivity index (χ3v) is 6.00. The van der Waals surface area contributed by atoms with Crippen molar-refractivity contribution < 1.29 is 28.2 Å². The van der Waals surface area contributed by atoms with Crippen molar-refractivity contribution in [3.63, 3.8) is 0 Å². The summed E-state index contributed by atoms with van der Waals surface area (Å²) in [6.45, 7) is 0. The van der Waals surface area contributed by atoms with Gasteiger partial charge in [0.2, 0.25) is 6.10 Å². The van der Waals surface area contributed by atoms with Crippen molar-refractivity contribution in [2.75, 3.05) is 19.1 Å². The Bertz CT molecular complexity index is 1330. The first-order valence-electron chi connectivity index (χ1n) is 11.1. The zero-order valence-corrected chi connectivity index (χ0v) is 19.2. The molecule has 3 aromatic carbocycles. The number of carbonyl (C=O) groups is 2. The molecule has 1 aliphatic rings. The van der Waals surface area contributed by atoms with E-state index in [0.717, 1.165) is 11.1 Å². The molecule has 4 aromatic rings. The number of anilines is 1. The molecule has 2 heterocycles. The molecule has 0 N–H and O–H groups in total. The lowest BCUT2D eigenvalue weighted by atomic mass is 9.90. The van der Waals surface area contributed by atoms with Gasteiger partial charge in [0.15, 0.2) is 0 Å². The minimum Gasteiger partial charge on any atom is -0.497 e. The van der Waals surface area contributed by atoms with Gasteiger partial charge in [-0.15, -0.1) is 0 Å². The first-order chi connectivity index (χ1) is 17.1. The molecule has 176 valence electrons. The first kappa shape index (κ1) is 22.3. The third kappa shape index (κ3) is 4.12. The van der Waals surface area contributed by atoms with Crippen LogP contribution in [-0.4, -0.2) is 32.2 Å². The Morgan fingerprint density at radius 1 is 0.829 bits per heavy atom. The van der Waals surface area contributed by atoms with Crippen LogP contribution in [0, 0.1) is 0 Å². The quantitative estimate of drug-likeness (QED) is 0.271. The number of carbonyl (C=O) groups excluding carboxylic acids is 2. The highest BCUT2D eigenvalue weighted by molar-refractivity contribution is 6.07. The first-order valence-corrected chi connectivity index (χ1v) is 11.1. The van der Waals surface area contributed by atoms with Crippen molar-refractivity contribution >= 4 is 17.6 Å². The highest BCUT2D eigenvalue weighted by atomic mass is 16.6. The summed E-state index contributed by atoms with van der Waals surface area (Å²) in [6, 6.07) is 24.6. The number of benzene rings is 3. The van der Waals surface area contributed by atoms with Crippen molar-refractivity contribution in [2.24, 2.45) is 0 Å². The molecule has 1 fully saturated rings. The second-order valence-electron chi connectivity index (χ2n) is 7.97. The predicted octanol–water partition coefficient (Wildman–Crippen LogP) is 5.28. The maximum absolute atomic E-state index is 13.3. The zero-order chi connectivity index (χ0) is 24.4. The molecular weight excluding hydrogens is 446 g/mol. The molecule has 0 radical (unpaired) electrons. The Morgan fingerprint density at radius 2 is 1.46 bits per heavy atom. The van der Waals surface area contributed by atoms with E-state index in [4.69, 9.17) is 18.6 Å². The number of hydrogen-bond donors (Lipinski definition) is 0. The summed E-state index contributed by atoms with van der Waals surface area (Å²) in [7, 11) is 3.13. The van der Waals surface area contributed by atoms with Gasteiger partial charge >= 0.3 is 5.97 Å². The fraction of sp³-hybridized carbons (Fsp3) is 0.143. The summed E-state index contributed by atoms with van der Waals surface area (Å²) in [4.78, 5) is 27.8. The predicted molar refractivity (Wildman–Crippen MR) is 130 cm³/mol. The van der Waals surface area contributed by atoms with Crippen molar-refractivity contribution in [3.05, 3.63) is 103 Å². The molecule has 7 nitrogen and oxygen atoms in total. The molecule has 1 amide bonds. The highest BCUT2D eigenvalue weighted by Crippen LogP contribution is 2.45. The highest BCUT2D eigenvalue weighted by Gasteiger charge is 2.54. The summed E-state index contributed by atoms with van der Waals surface area (Å²) >= 11 is 0. The van der Waals surface area contributed by atoms with Crippen LogP contribution in [0.3, 0.4) is 0 Å². The number of hydrogen-bond acceptors (Lipinski definition) is 6. The topological polar surface area (TPSA) is 78.2 Å². The van der Waals surface area contributed by atoms with E-state index < -0.39 is 18.1 Å². The molecule has 0 saturated carbocycles. The van der Waals surface area contributed by atoms with Crippen molar-refractivity contribution in [1.82, 2.24) is 0 Å². The SMILES string of the molecule is COc1ccc(C(=O)O[C@H]2C(=O)N(c3ccc(OC)cc3)[C@H]2c2occc2-c2ccccc2)cc1. The minimum atomic E-state index is -1.04. The van der Waals surface area contributed by atoms with E-state index in [1.54, 1.807) is 73.9 Å². The molecule has 1 aromatic heterocycles. The fourth-order valence-corrected chi connectivity index (χ4v) is 4.18. The summed E-state index contributed by atoms with van der Waals surface area (Å²) in [5.74, 6) is 0.895. The van der Waals surface area contributed by atoms with Gasteiger partial charge in [0, 0.05) is 11.3 Å². The molecule has 5 rings (SSSR count). The number of amides is 1. The number of β-lactam (4-membered cyclic amide) rings is 1. The third-order valence-electron chi connectivity index (χ3n) is 6.00. The van der Waals surface area contributed by atoms with Gasteiger partial charge in [-0.25, -0.2) is 4.79 Å². The Balaban J connectivity index is 1.50. The lowest BCUT2D eigenvalue weighted by Crippen LogP contribution is -2.60. The molecule has 35 heavy (non-hydrogen) atoms. The van der Waals surface area contributed by atoms with E-state index in [1.165, 1.54) is 0 Å². The largest absolute Gasteiger partial charge is 0.497 e. The van der Waals surface area contributed by atoms with E-state index in [0.29, 0.717) is 28.5 Å². The van der Waals surface area contributed by atoms with E-state index in [2.05, 4.69) is 0 Å². The molecule has 0 unspecified atom stereocenters. The molecule has 0 spiro atoms. The average Bonchev–Trinajstić information content (AvgIpc) is 3.39. The fourth-order valence-electron chi connectivity index (χ4n) is 4.18. The molecule has 2 atom stereocenters. The van der Waals surface area contributed by atoms with Crippen LogP contribution in [0.15, 0.2) is 95.6 Å². The maximum atomic E-state index is 13.3. The summed E-state index contributed by atoms with van der Waals surface area (Å²) in [5.41, 5.74) is 2.73. The van der Waals surface area contributed by atoms with Gasteiger partial charge in [0.05, 0.1) is 26.0 Å².